The van der Waals surface area contributed by atoms with Gasteiger partial charge in [0.25, 0.3) is 0 Å². The molecule has 0 aromatic carbocycles. The highest BCUT2D eigenvalue weighted by Crippen LogP contribution is 2.07. The third kappa shape index (κ3) is 2.80. The number of rotatable bonds is 5. The molecule has 1 rings (SSSR count). The van der Waals surface area contributed by atoms with E-state index in [1.54, 1.807) is 0 Å². The van der Waals surface area contributed by atoms with Gasteiger partial charge in [-0.1, -0.05) is 36.7 Å². The van der Waals surface area contributed by atoms with E-state index in [2.05, 4.69) is 46.8 Å². The Kier molecular flexibility index (Phi) is 4.58. The van der Waals surface area contributed by atoms with Crippen LogP contribution in [0.15, 0.2) is 0 Å². The van der Waals surface area contributed by atoms with Gasteiger partial charge in [0.05, 0.1) is 0 Å². The van der Waals surface area contributed by atoms with E-state index in [0.717, 1.165) is 36.4 Å². The zero-order valence-electron chi connectivity index (χ0n) is 9.13. The predicted octanol–water partition coefficient (Wildman–Crippen LogP) is 2.43. The minimum Gasteiger partial charge on any atom is -0.250 e. The topological polar surface area (TPSA) is 30.7 Å². The zero-order chi connectivity index (χ0) is 10.6. The van der Waals surface area contributed by atoms with Gasteiger partial charge in [-0.2, -0.15) is 5.10 Å². The summed E-state index contributed by atoms with van der Waals surface area (Å²) in [6.07, 6.45) is 1.88. The van der Waals surface area contributed by atoms with E-state index in [-0.39, 0.29) is 0 Å². The van der Waals surface area contributed by atoms with Crippen LogP contribution in [-0.4, -0.2) is 20.1 Å². The van der Waals surface area contributed by atoms with Gasteiger partial charge < -0.3 is 0 Å². The lowest BCUT2D eigenvalue weighted by atomic mass is 10.2. The van der Waals surface area contributed by atoms with Crippen molar-refractivity contribution in [2.24, 2.45) is 5.92 Å². The van der Waals surface area contributed by atoms with Gasteiger partial charge in [-0.05, 0) is 5.92 Å². The maximum absolute atomic E-state index is 4.47. The van der Waals surface area contributed by atoms with E-state index in [9.17, 15) is 0 Å². The summed E-state index contributed by atoms with van der Waals surface area (Å²) in [4.78, 5) is 4.47. The molecule has 1 unspecified atom stereocenters. The first-order valence-electron chi connectivity index (χ1n) is 5.19. The number of alkyl halides is 1. The third-order valence-electron chi connectivity index (χ3n) is 2.17. The van der Waals surface area contributed by atoms with Crippen molar-refractivity contribution in [2.45, 2.75) is 40.2 Å². The molecule has 0 amide bonds. The van der Waals surface area contributed by atoms with E-state index in [4.69, 9.17) is 0 Å². The van der Waals surface area contributed by atoms with Crippen LogP contribution in [-0.2, 0) is 19.4 Å². The van der Waals surface area contributed by atoms with Crippen molar-refractivity contribution >= 4 is 15.9 Å². The molecule has 0 bridgehead atoms. The average molecular weight is 260 g/mol. The van der Waals surface area contributed by atoms with Gasteiger partial charge in [0.15, 0.2) is 5.82 Å². The van der Waals surface area contributed by atoms with E-state index in [0.29, 0.717) is 5.92 Å². The monoisotopic (exact) mass is 259 g/mol. The molecule has 0 N–H and O–H groups in total. The van der Waals surface area contributed by atoms with E-state index >= 15 is 0 Å². The molecule has 14 heavy (non-hydrogen) atoms. The quantitative estimate of drug-likeness (QED) is 0.761. The molecule has 4 heteroatoms. The van der Waals surface area contributed by atoms with Gasteiger partial charge >= 0.3 is 0 Å². The van der Waals surface area contributed by atoms with Gasteiger partial charge in [-0.25, -0.2) is 9.67 Å². The number of hydrogen-bond donors (Lipinski definition) is 0. The Hall–Kier alpha value is -0.380. The summed E-state index contributed by atoms with van der Waals surface area (Å²) in [6.45, 7) is 7.38. The molecule has 0 saturated heterocycles. The molecule has 0 spiro atoms. The molecule has 0 aliphatic heterocycles. The molecule has 0 fully saturated rings. The fourth-order valence-corrected chi connectivity index (χ4v) is 1.53. The lowest BCUT2D eigenvalue weighted by Crippen LogP contribution is -2.12. The van der Waals surface area contributed by atoms with Crippen molar-refractivity contribution in [2.75, 3.05) is 5.33 Å². The maximum atomic E-state index is 4.47. The molecule has 0 saturated carbocycles. The molecular formula is C10H18BrN3. The van der Waals surface area contributed by atoms with Crippen LogP contribution in [0, 0.1) is 5.92 Å². The van der Waals surface area contributed by atoms with Crippen LogP contribution < -0.4 is 0 Å². The average Bonchev–Trinajstić information content (AvgIpc) is 2.60. The second kappa shape index (κ2) is 5.49. The minimum absolute atomic E-state index is 0.603. The van der Waals surface area contributed by atoms with Crippen LogP contribution in [0.2, 0.25) is 0 Å². The number of nitrogens with zero attached hydrogens (tertiary/aromatic N) is 3. The summed E-state index contributed by atoms with van der Waals surface area (Å²) in [5.41, 5.74) is 0. The van der Waals surface area contributed by atoms with E-state index < -0.39 is 0 Å². The van der Waals surface area contributed by atoms with Gasteiger partial charge in [0.2, 0.25) is 0 Å². The summed E-state index contributed by atoms with van der Waals surface area (Å²) in [5, 5.41) is 5.48. The van der Waals surface area contributed by atoms with Crippen molar-refractivity contribution in [3.63, 3.8) is 0 Å². The minimum atomic E-state index is 0.603. The van der Waals surface area contributed by atoms with Gasteiger partial charge in [-0.15, -0.1) is 0 Å². The molecule has 1 heterocycles. The molecule has 80 valence electrons. The van der Waals surface area contributed by atoms with Crippen LogP contribution in [0.3, 0.4) is 0 Å². The largest absolute Gasteiger partial charge is 0.250 e. The van der Waals surface area contributed by atoms with E-state index in [1.807, 2.05) is 4.68 Å². The Labute approximate surface area is 94.0 Å². The molecule has 0 aliphatic carbocycles. The Bertz CT molecular complexity index is 283. The summed E-state index contributed by atoms with van der Waals surface area (Å²) in [5.74, 6) is 2.67. The number of halogens is 1. The zero-order valence-corrected chi connectivity index (χ0v) is 10.7. The Morgan fingerprint density at radius 1 is 1.36 bits per heavy atom. The van der Waals surface area contributed by atoms with Gasteiger partial charge in [-0.3, -0.25) is 0 Å². The van der Waals surface area contributed by atoms with Crippen molar-refractivity contribution in [3.05, 3.63) is 11.6 Å². The highest BCUT2D eigenvalue weighted by atomic mass is 79.9. The van der Waals surface area contributed by atoms with Crippen molar-refractivity contribution < 1.29 is 0 Å². The van der Waals surface area contributed by atoms with Gasteiger partial charge in [0, 0.05) is 24.7 Å². The number of aromatic nitrogens is 3. The highest BCUT2D eigenvalue weighted by Gasteiger charge is 2.09. The maximum Gasteiger partial charge on any atom is 0.150 e. The summed E-state index contributed by atoms with van der Waals surface area (Å²) >= 11 is 3.48. The molecule has 0 aliphatic rings. The summed E-state index contributed by atoms with van der Waals surface area (Å²) < 4.78 is 2.05. The first-order valence-corrected chi connectivity index (χ1v) is 6.31. The summed E-state index contributed by atoms with van der Waals surface area (Å²) in [7, 11) is 0. The third-order valence-corrected chi connectivity index (χ3v) is 3.28. The Balaban J connectivity index is 2.78. The smallest absolute Gasteiger partial charge is 0.150 e. The highest BCUT2D eigenvalue weighted by molar-refractivity contribution is 9.09. The second-order valence-electron chi connectivity index (χ2n) is 3.59. The standard InChI is InChI=1S/C10H18BrN3/c1-4-9-12-10(5-2)14(13-9)7-8(3)6-11/h8H,4-7H2,1-3H3. The SMILES string of the molecule is CCc1nc(CC)n(CC(C)CBr)n1. The van der Waals surface area contributed by atoms with Crippen LogP contribution in [0.1, 0.15) is 32.4 Å². The van der Waals surface area contributed by atoms with Crippen LogP contribution >= 0.6 is 15.9 Å². The molecule has 1 aromatic heterocycles. The Morgan fingerprint density at radius 2 is 2.07 bits per heavy atom. The van der Waals surface area contributed by atoms with Crippen LogP contribution in [0.5, 0.6) is 0 Å². The van der Waals surface area contributed by atoms with Gasteiger partial charge in [0.1, 0.15) is 5.82 Å². The van der Waals surface area contributed by atoms with E-state index in [1.165, 1.54) is 0 Å². The first-order chi connectivity index (χ1) is 6.71. The molecule has 1 aromatic rings. The normalized spacial score (nSPS) is 13.1. The Morgan fingerprint density at radius 3 is 2.57 bits per heavy atom. The van der Waals surface area contributed by atoms with Crippen LogP contribution in [0.4, 0.5) is 0 Å². The molecule has 3 nitrogen and oxygen atoms in total. The lowest BCUT2D eigenvalue weighted by molar-refractivity contribution is 0.473. The number of aryl methyl sites for hydroxylation is 2. The van der Waals surface area contributed by atoms with Crippen molar-refractivity contribution in [1.82, 2.24) is 14.8 Å². The summed E-state index contributed by atoms with van der Waals surface area (Å²) in [6, 6.07) is 0. The molecule has 1 atom stereocenters. The van der Waals surface area contributed by atoms with Crippen molar-refractivity contribution in [3.8, 4) is 0 Å². The second-order valence-corrected chi connectivity index (χ2v) is 4.24. The fraction of sp³-hybridized carbons (Fsp3) is 0.800. The predicted molar refractivity (Wildman–Crippen MR) is 61.7 cm³/mol. The number of hydrogen-bond acceptors (Lipinski definition) is 2. The molecule has 0 radical (unpaired) electrons. The lowest BCUT2D eigenvalue weighted by Gasteiger charge is -2.08. The van der Waals surface area contributed by atoms with Crippen LogP contribution in [0.25, 0.3) is 0 Å². The van der Waals surface area contributed by atoms with Crippen molar-refractivity contribution in [1.29, 1.82) is 0 Å². The fourth-order valence-electron chi connectivity index (χ4n) is 1.33. The first kappa shape index (κ1) is 11.7. The molecular weight excluding hydrogens is 242 g/mol.